The van der Waals surface area contributed by atoms with Crippen molar-refractivity contribution in [1.82, 2.24) is 41.0 Å². The number of carbonyl (C=O) groups is 6. The van der Waals surface area contributed by atoms with E-state index in [1.807, 2.05) is 17.5 Å². The van der Waals surface area contributed by atoms with Gasteiger partial charge in [-0.2, -0.15) is 36.9 Å². The van der Waals surface area contributed by atoms with Crippen molar-refractivity contribution in [2.75, 3.05) is 13.1 Å². The molecule has 4 aromatic rings. The molecule has 26 heteroatoms. The number of rotatable bonds is 15. The highest BCUT2D eigenvalue weighted by Crippen LogP contribution is 2.61. The number of fused-ring (bicyclic) bond motifs is 3. The summed E-state index contributed by atoms with van der Waals surface area (Å²) in [6.07, 6.45) is -6.51. The Balaban J connectivity index is 1.21. The lowest BCUT2D eigenvalue weighted by Crippen LogP contribution is -2.61. The molecule has 1 aliphatic carbocycles. The maximum atomic E-state index is 15.0. The summed E-state index contributed by atoms with van der Waals surface area (Å²) >= 11 is 0. The van der Waals surface area contributed by atoms with E-state index in [1.165, 1.54) is 40.8 Å². The molecule has 4 heterocycles. The van der Waals surface area contributed by atoms with Crippen molar-refractivity contribution < 1.29 is 72.7 Å². The molecule has 0 spiro atoms. The molecule has 3 fully saturated rings. The van der Waals surface area contributed by atoms with Gasteiger partial charge in [0.25, 0.3) is 0 Å². The van der Waals surface area contributed by atoms with Crippen molar-refractivity contribution in [3.8, 4) is 12.1 Å². The van der Waals surface area contributed by atoms with E-state index in [4.69, 9.17) is 0 Å². The lowest BCUT2D eigenvalue weighted by atomic mass is 9.51. The maximum Gasteiger partial charge on any atom is 0.471 e. The molecule has 434 valence electrons. The maximum absolute atomic E-state index is 15.0. The van der Waals surface area contributed by atoms with E-state index in [0.29, 0.717) is 0 Å². The second kappa shape index (κ2) is 22.4. The van der Waals surface area contributed by atoms with Gasteiger partial charge in [-0.05, 0) is 94.6 Å². The van der Waals surface area contributed by atoms with E-state index in [1.54, 1.807) is 26.1 Å². The van der Waals surface area contributed by atoms with Crippen molar-refractivity contribution in [2.24, 2.45) is 39.9 Å². The minimum absolute atomic E-state index is 0.0208. The first-order chi connectivity index (χ1) is 37.6. The number of pyridine rings is 2. The number of nitriles is 2. The highest BCUT2D eigenvalue weighted by atomic mass is 19.4. The van der Waals surface area contributed by atoms with Gasteiger partial charge >= 0.3 is 24.2 Å². The zero-order valence-electron chi connectivity index (χ0n) is 45.0. The Kier molecular flexibility index (Phi) is 16.8. The number of amides is 6. The van der Waals surface area contributed by atoms with Gasteiger partial charge in [0, 0.05) is 59.8 Å². The molecule has 16 nitrogen and oxygen atoms in total. The second-order valence-corrected chi connectivity index (χ2v) is 23.5. The fourth-order valence-corrected chi connectivity index (χ4v) is 12.0. The number of halogens is 10. The van der Waals surface area contributed by atoms with Gasteiger partial charge in [0.2, 0.25) is 23.6 Å². The summed E-state index contributed by atoms with van der Waals surface area (Å²) in [5.74, 6) is -16.8. The number of nitrogens with zero attached hydrogens (tertiary/aromatic N) is 6. The number of likely N-dealkylation sites (tertiary alicyclic amines) is 2. The monoisotopic (exact) mass is 1140 g/mol. The van der Waals surface area contributed by atoms with E-state index < -0.39 is 141 Å². The van der Waals surface area contributed by atoms with E-state index in [2.05, 4.69) is 20.6 Å². The molecule has 4 N–H and O–H groups in total. The Labute approximate surface area is 458 Å². The highest BCUT2D eigenvalue weighted by molar-refractivity contribution is 5.97. The third kappa shape index (κ3) is 12.1. The summed E-state index contributed by atoms with van der Waals surface area (Å²) < 4.78 is 142. The van der Waals surface area contributed by atoms with Gasteiger partial charge in [-0.3, -0.25) is 38.7 Å². The lowest BCUT2D eigenvalue weighted by molar-refractivity contribution is -0.176. The van der Waals surface area contributed by atoms with Crippen LogP contribution in [-0.4, -0.2) is 105 Å². The number of hydrogen-bond acceptors (Lipinski definition) is 10. The van der Waals surface area contributed by atoms with Crippen LogP contribution >= 0.6 is 0 Å². The van der Waals surface area contributed by atoms with Crippen LogP contribution in [0.1, 0.15) is 104 Å². The molecule has 1 saturated carbocycles. The van der Waals surface area contributed by atoms with Crippen molar-refractivity contribution in [2.45, 2.75) is 130 Å². The molecular formula is C55H58F10N10O6. The normalized spacial score (nSPS) is 22.7. The van der Waals surface area contributed by atoms with Crippen LogP contribution < -0.4 is 21.3 Å². The standard InChI is InChI=1S/C55H58F10N10O6/c1-25(2)28-11-14-74(41(28)45(76)70-38(19-67)32-22-68-20-26-15-35(57)36(58)16-30(26)32)48(79)44(73-50(81)55(63,64)65)52(6,7)12-13-53(8)17-27-24-75(47(78)43(51(3,4)5)72-49(80)54(60,61)62)42(39(27)53)46(77)71-37(18-66)31-21-69-23-33-29(31)9-10-34(56)40(33)59/h9-10,15-16,20-23,25,27-28,37-39,41-44H,11-14,17,24H2,1-8H3,(H,70,76)(H,71,77)(H,72,80)(H,73,81)/t27?,28?,37-,38-,39-,41-,42-,43+,44+,53?/m0/s1. The van der Waals surface area contributed by atoms with Crippen molar-refractivity contribution in [1.29, 1.82) is 10.5 Å². The van der Waals surface area contributed by atoms with Crippen LogP contribution in [0.4, 0.5) is 43.9 Å². The fraction of sp³-hybridized carbons (Fsp3) is 0.527. The van der Waals surface area contributed by atoms with Crippen LogP contribution in [0, 0.1) is 85.8 Å². The lowest BCUT2D eigenvalue weighted by Gasteiger charge is -2.53. The van der Waals surface area contributed by atoms with Crippen molar-refractivity contribution in [3.05, 3.63) is 83.4 Å². The van der Waals surface area contributed by atoms with E-state index in [-0.39, 0.29) is 77.4 Å². The van der Waals surface area contributed by atoms with Gasteiger partial charge in [-0.1, -0.05) is 61.5 Å². The molecule has 0 radical (unpaired) electrons. The summed E-state index contributed by atoms with van der Waals surface area (Å²) in [6, 6.07) is -2.93. The Morgan fingerprint density at radius 1 is 0.691 bits per heavy atom. The largest absolute Gasteiger partial charge is 0.471 e. The molecule has 81 heavy (non-hydrogen) atoms. The Morgan fingerprint density at radius 3 is 1.78 bits per heavy atom. The third-order valence-corrected chi connectivity index (χ3v) is 16.2. The number of carbonyl (C=O) groups excluding carboxylic acids is 6. The molecular weight excluding hydrogens is 1090 g/mol. The third-order valence-electron chi connectivity index (χ3n) is 16.2. The van der Waals surface area contributed by atoms with Crippen LogP contribution in [0.2, 0.25) is 0 Å². The molecule has 3 unspecified atom stereocenters. The highest BCUT2D eigenvalue weighted by Gasteiger charge is 2.64. The number of aromatic nitrogens is 2. The topological polar surface area (TPSA) is 230 Å². The molecule has 2 saturated heterocycles. The zero-order valence-corrected chi connectivity index (χ0v) is 45.0. The van der Waals surface area contributed by atoms with Crippen LogP contribution in [0.3, 0.4) is 0 Å². The minimum atomic E-state index is -5.53. The predicted octanol–water partition coefficient (Wildman–Crippen LogP) is 8.07. The van der Waals surface area contributed by atoms with Crippen molar-refractivity contribution >= 4 is 57.0 Å². The Bertz CT molecular complexity index is 3260. The first-order valence-corrected chi connectivity index (χ1v) is 25.8. The van der Waals surface area contributed by atoms with Crippen molar-refractivity contribution in [3.63, 3.8) is 0 Å². The summed E-state index contributed by atoms with van der Waals surface area (Å²) in [5.41, 5.74) is -4.35. The van der Waals surface area contributed by atoms with Gasteiger partial charge in [0.15, 0.2) is 23.3 Å². The van der Waals surface area contributed by atoms with Crippen LogP contribution in [-0.2, 0) is 28.8 Å². The van der Waals surface area contributed by atoms with E-state index in [9.17, 15) is 78.4 Å². The van der Waals surface area contributed by atoms with Gasteiger partial charge in [-0.15, -0.1) is 0 Å². The first kappa shape index (κ1) is 61.0. The molecule has 7 rings (SSSR count). The van der Waals surface area contributed by atoms with E-state index >= 15 is 4.79 Å². The van der Waals surface area contributed by atoms with Gasteiger partial charge in [-0.25, -0.2) is 17.6 Å². The smallest absolute Gasteiger partial charge is 0.336 e. The summed E-state index contributed by atoms with van der Waals surface area (Å²) in [7, 11) is 0. The molecule has 3 aliphatic rings. The Morgan fingerprint density at radius 2 is 1.22 bits per heavy atom. The minimum Gasteiger partial charge on any atom is -0.336 e. The second-order valence-electron chi connectivity index (χ2n) is 23.5. The average Bonchev–Trinajstić information content (AvgIpc) is 3.60. The zero-order chi connectivity index (χ0) is 60.2. The molecule has 0 bridgehead atoms. The first-order valence-electron chi connectivity index (χ1n) is 25.8. The molecule has 2 aromatic heterocycles. The summed E-state index contributed by atoms with van der Waals surface area (Å²) in [4.78, 5) is 94.3. The molecule has 2 aliphatic heterocycles. The number of benzene rings is 2. The number of nitrogens with one attached hydrogen (secondary N) is 4. The summed E-state index contributed by atoms with van der Waals surface area (Å²) in [5, 5.41) is 29.1. The molecule has 10 atom stereocenters. The van der Waals surface area contributed by atoms with Gasteiger partial charge in [0.05, 0.1) is 12.1 Å². The quantitative estimate of drug-likeness (QED) is 0.0837. The number of alkyl halides is 6. The van der Waals surface area contributed by atoms with Crippen LogP contribution in [0.25, 0.3) is 21.5 Å². The van der Waals surface area contributed by atoms with Crippen LogP contribution in [0.15, 0.2) is 49.1 Å². The molecule has 2 aromatic carbocycles. The SMILES string of the molecule is CC(C)C1CCN(C(=O)[C@@H](NC(=O)C(F)(F)F)C(C)(C)CCC2(C)CC3CN(C(=O)[C@@H](NC(=O)C(F)(F)F)C(C)(C)C)[C@H](C(=O)N[C@@H](C#N)c4cncc5c(F)c(F)ccc45)[C@H]32)[C@@H]1C(=O)N[C@@H](C#N)c1cncc2cc(F)c(F)cc12. The average molecular weight is 1150 g/mol. The Hall–Kier alpha value is -7.64. The fourth-order valence-electron chi connectivity index (χ4n) is 12.0. The van der Waals surface area contributed by atoms with Crippen LogP contribution in [0.5, 0.6) is 0 Å². The molecule has 6 amide bonds. The predicted molar refractivity (Wildman–Crippen MR) is 268 cm³/mol. The van der Waals surface area contributed by atoms with Gasteiger partial charge < -0.3 is 31.1 Å². The summed E-state index contributed by atoms with van der Waals surface area (Å²) in [6.45, 7) is 11.5. The number of hydrogen-bond donors (Lipinski definition) is 4. The van der Waals surface area contributed by atoms with E-state index in [0.717, 1.165) is 52.7 Å². The van der Waals surface area contributed by atoms with Gasteiger partial charge in [0.1, 0.15) is 36.3 Å².